The molecule has 0 bridgehead atoms. The minimum Gasteiger partial charge on any atom is -0.490 e. The second kappa shape index (κ2) is 5.53. The third-order valence-electron chi connectivity index (χ3n) is 2.61. The number of esters is 1. The van der Waals surface area contributed by atoms with E-state index in [1.807, 2.05) is 0 Å². The van der Waals surface area contributed by atoms with Gasteiger partial charge in [-0.05, 0) is 37.1 Å². The van der Waals surface area contributed by atoms with Gasteiger partial charge in [-0.3, -0.25) is 4.79 Å². The van der Waals surface area contributed by atoms with Crippen molar-refractivity contribution in [3.8, 4) is 5.75 Å². The predicted octanol–water partition coefficient (Wildman–Crippen LogP) is 1.72. The van der Waals surface area contributed by atoms with Crippen molar-refractivity contribution in [3.63, 3.8) is 0 Å². The van der Waals surface area contributed by atoms with E-state index in [9.17, 15) is 9.59 Å². The molecule has 0 amide bonds. The van der Waals surface area contributed by atoms with Crippen molar-refractivity contribution in [1.82, 2.24) is 0 Å². The monoisotopic (exact) mass is 250 g/mol. The van der Waals surface area contributed by atoms with E-state index in [-0.39, 0.29) is 30.7 Å². The highest BCUT2D eigenvalue weighted by Crippen LogP contribution is 2.29. The van der Waals surface area contributed by atoms with E-state index in [2.05, 4.69) is 0 Å². The van der Waals surface area contributed by atoms with Crippen LogP contribution in [-0.2, 0) is 9.53 Å². The Kier molecular flexibility index (Phi) is 3.82. The van der Waals surface area contributed by atoms with Crippen molar-refractivity contribution in [3.05, 3.63) is 29.8 Å². The molecule has 1 aliphatic carbocycles. The number of carbonyl (C=O) groups is 2. The van der Waals surface area contributed by atoms with Gasteiger partial charge in [-0.15, -0.1) is 0 Å². The summed E-state index contributed by atoms with van der Waals surface area (Å²) in [6, 6.07) is 6.08. The summed E-state index contributed by atoms with van der Waals surface area (Å²) in [5.41, 5.74) is 0.211. The highest BCUT2D eigenvalue weighted by molar-refractivity contribution is 5.87. The van der Waals surface area contributed by atoms with Crippen molar-refractivity contribution >= 4 is 11.9 Å². The van der Waals surface area contributed by atoms with Crippen molar-refractivity contribution in [2.75, 3.05) is 13.2 Å². The Bertz CT molecular complexity index is 433. The lowest BCUT2D eigenvalue weighted by Crippen LogP contribution is -2.13. The normalized spacial score (nSPS) is 14.0. The van der Waals surface area contributed by atoms with Crippen molar-refractivity contribution < 1.29 is 24.2 Å². The van der Waals surface area contributed by atoms with Crippen molar-refractivity contribution in [2.45, 2.75) is 12.8 Å². The van der Waals surface area contributed by atoms with Gasteiger partial charge >= 0.3 is 11.9 Å². The van der Waals surface area contributed by atoms with Gasteiger partial charge in [0.05, 0.1) is 11.5 Å². The van der Waals surface area contributed by atoms with Crippen LogP contribution in [0.25, 0.3) is 0 Å². The highest BCUT2D eigenvalue weighted by Gasteiger charge is 2.30. The second-order valence-electron chi connectivity index (χ2n) is 4.12. The molecule has 0 unspecified atom stereocenters. The summed E-state index contributed by atoms with van der Waals surface area (Å²) in [6.07, 6.45) is 1.85. The minimum atomic E-state index is -0.972. The lowest BCUT2D eigenvalue weighted by Gasteiger charge is -2.07. The van der Waals surface area contributed by atoms with E-state index in [1.165, 1.54) is 12.1 Å². The third kappa shape index (κ3) is 3.48. The van der Waals surface area contributed by atoms with E-state index < -0.39 is 5.97 Å². The molecule has 1 aromatic rings. The van der Waals surface area contributed by atoms with Gasteiger partial charge in [0.15, 0.2) is 0 Å². The summed E-state index contributed by atoms with van der Waals surface area (Å²) in [5, 5.41) is 8.71. The van der Waals surface area contributed by atoms with E-state index in [1.54, 1.807) is 12.1 Å². The summed E-state index contributed by atoms with van der Waals surface area (Å²) in [4.78, 5) is 21.8. The van der Waals surface area contributed by atoms with Crippen molar-refractivity contribution in [2.24, 2.45) is 5.92 Å². The minimum absolute atomic E-state index is 0.0971. The van der Waals surface area contributed by atoms with Gasteiger partial charge in [0.2, 0.25) is 0 Å². The van der Waals surface area contributed by atoms with Crippen LogP contribution in [0.3, 0.4) is 0 Å². The summed E-state index contributed by atoms with van der Waals surface area (Å²) < 4.78 is 10.3. The maximum absolute atomic E-state index is 11.2. The Labute approximate surface area is 104 Å². The van der Waals surface area contributed by atoms with Crippen LogP contribution in [0.4, 0.5) is 0 Å². The maximum atomic E-state index is 11.2. The first-order valence-electron chi connectivity index (χ1n) is 5.79. The lowest BCUT2D eigenvalue weighted by atomic mass is 10.2. The number of hydrogen-bond acceptors (Lipinski definition) is 4. The van der Waals surface area contributed by atoms with Crippen LogP contribution in [0, 0.1) is 5.92 Å². The quantitative estimate of drug-likeness (QED) is 0.614. The molecule has 1 aliphatic rings. The molecular weight excluding hydrogens is 236 g/mol. The van der Waals surface area contributed by atoms with Gasteiger partial charge in [0.1, 0.15) is 19.0 Å². The molecule has 0 spiro atoms. The van der Waals surface area contributed by atoms with Gasteiger partial charge in [0.25, 0.3) is 0 Å². The average Bonchev–Trinajstić information content (AvgIpc) is 3.19. The zero-order valence-electron chi connectivity index (χ0n) is 9.80. The van der Waals surface area contributed by atoms with Crippen molar-refractivity contribution in [1.29, 1.82) is 0 Å². The molecule has 1 saturated carbocycles. The van der Waals surface area contributed by atoms with Gasteiger partial charge < -0.3 is 14.6 Å². The van der Waals surface area contributed by atoms with Gasteiger partial charge in [-0.2, -0.15) is 0 Å². The number of carboxylic acid groups (broad SMARTS) is 1. The van der Waals surface area contributed by atoms with Crippen LogP contribution in [0.15, 0.2) is 24.3 Å². The van der Waals surface area contributed by atoms with Crippen LogP contribution in [0.2, 0.25) is 0 Å². The van der Waals surface area contributed by atoms with Gasteiger partial charge in [-0.25, -0.2) is 4.79 Å². The molecule has 5 heteroatoms. The molecule has 96 valence electrons. The smallest absolute Gasteiger partial charge is 0.335 e. The Morgan fingerprint density at radius 2 is 1.83 bits per heavy atom. The molecule has 0 aromatic heterocycles. The molecule has 0 heterocycles. The number of benzene rings is 1. The van der Waals surface area contributed by atoms with Gasteiger partial charge in [0, 0.05) is 0 Å². The van der Waals surface area contributed by atoms with Crippen LogP contribution in [0.5, 0.6) is 5.75 Å². The summed E-state index contributed by atoms with van der Waals surface area (Å²) in [5.74, 6) is -0.470. The number of rotatable bonds is 6. The van der Waals surface area contributed by atoms with E-state index in [0.29, 0.717) is 5.75 Å². The molecule has 0 aliphatic heterocycles. The number of hydrogen-bond donors (Lipinski definition) is 1. The molecule has 5 nitrogen and oxygen atoms in total. The first-order chi connectivity index (χ1) is 8.66. The molecule has 1 fully saturated rings. The molecule has 2 rings (SSSR count). The van der Waals surface area contributed by atoms with Crippen LogP contribution < -0.4 is 4.74 Å². The van der Waals surface area contributed by atoms with Gasteiger partial charge in [-0.1, -0.05) is 0 Å². The second-order valence-corrected chi connectivity index (χ2v) is 4.12. The van der Waals surface area contributed by atoms with Crippen LogP contribution >= 0.6 is 0 Å². The predicted molar refractivity (Wildman–Crippen MR) is 62.6 cm³/mol. The van der Waals surface area contributed by atoms with E-state index in [0.717, 1.165) is 12.8 Å². The molecule has 1 aromatic carbocycles. The van der Waals surface area contributed by atoms with Crippen LogP contribution in [-0.4, -0.2) is 30.3 Å². The number of ether oxygens (including phenoxy) is 2. The zero-order chi connectivity index (χ0) is 13.0. The highest BCUT2D eigenvalue weighted by atomic mass is 16.6. The summed E-state index contributed by atoms with van der Waals surface area (Å²) >= 11 is 0. The standard InChI is InChI=1S/C13H14O5/c14-12(15)9-3-5-11(6-4-9)17-7-8-18-13(16)10-1-2-10/h3-6,10H,1-2,7-8H2,(H,14,15). The fourth-order valence-electron chi connectivity index (χ4n) is 1.43. The fraction of sp³-hybridized carbons (Fsp3) is 0.385. The Hall–Kier alpha value is -2.04. The summed E-state index contributed by atoms with van der Waals surface area (Å²) in [6.45, 7) is 0.487. The topological polar surface area (TPSA) is 72.8 Å². The molecule has 0 saturated heterocycles. The van der Waals surface area contributed by atoms with E-state index in [4.69, 9.17) is 14.6 Å². The first kappa shape index (κ1) is 12.4. The maximum Gasteiger partial charge on any atom is 0.335 e. The SMILES string of the molecule is O=C(O)c1ccc(OCCOC(=O)C2CC2)cc1. The number of carboxylic acids is 1. The molecular formula is C13H14O5. The molecule has 0 atom stereocenters. The Morgan fingerprint density at radius 3 is 2.39 bits per heavy atom. The average molecular weight is 250 g/mol. The first-order valence-corrected chi connectivity index (χ1v) is 5.79. The molecule has 0 radical (unpaired) electrons. The Balaban J connectivity index is 1.69. The Morgan fingerprint density at radius 1 is 1.17 bits per heavy atom. The van der Waals surface area contributed by atoms with Crippen LogP contribution in [0.1, 0.15) is 23.2 Å². The van der Waals surface area contributed by atoms with E-state index >= 15 is 0 Å². The fourth-order valence-corrected chi connectivity index (χ4v) is 1.43. The summed E-state index contributed by atoms with van der Waals surface area (Å²) in [7, 11) is 0. The largest absolute Gasteiger partial charge is 0.490 e. The number of aromatic carboxylic acids is 1. The molecule has 1 N–H and O–H groups in total. The third-order valence-corrected chi connectivity index (χ3v) is 2.61. The zero-order valence-corrected chi connectivity index (χ0v) is 9.80. The molecule has 18 heavy (non-hydrogen) atoms. The number of carbonyl (C=O) groups excluding carboxylic acids is 1. The lowest BCUT2D eigenvalue weighted by molar-refractivity contribution is -0.145.